The van der Waals surface area contributed by atoms with E-state index in [4.69, 9.17) is 0 Å². The van der Waals surface area contributed by atoms with Gasteiger partial charge in [-0.15, -0.1) is 0 Å². The lowest BCUT2D eigenvalue weighted by Gasteiger charge is -2.33. The Balaban J connectivity index is 1.54. The molecule has 2 heterocycles. The van der Waals surface area contributed by atoms with E-state index in [0.717, 1.165) is 25.1 Å². The Kier molecular flexibility index (Phi) is 5.85. The van der Waals surface area contributed by atoms with Gasteiger partial charge in [0.1, 0.15) is 0 Å². The first-order valence-electron chi connectivity index (χ1n) is 9.03. The van der Waals surface area contributed by atoms with Gasteiger partial charge < -0.3 is 9.80 Å². The molecule has 0 bridgehead atoms. The van der Waals surface area contributed by atoms with Gasteiger partial charge in [0.25, 0.3) is 5.91 Å². The lowest BCUT2D eigenvalue weighted by molar-refractivity contribution is -0.125. The van der Waals surface area contributed by atoms with Gasteiger partial charge in [0.2, 0.25) is 5.95 Å². The van der Waals surface area contributed by atoms with Crippen LogP contribution in [0.4, 0.5) is 5.95 Å². The number of carbonyl (C=O) groups is 1. The van der Waals surface area contributed by atoms with Crippen molar-refractivity contribution in [3.05, 3.63) is 53.9 Å². The zero-order valence-electron chi connectivity index (χ0n) is 15.4. The van der Waals surface area contributed by atoms with Crippen LogP contribution in [0, 0.1) is 17.8 Å². The van der Waals surface area contributed by atoms with E-state index in [0.29, 0.717) is 25.0 Å². The number of anilines is 1. The fourth-order valence-electron chi connectivity index (χ4n) is 2.96. The minimum Gasteiger partial charge on any atom is -0.337 e. The molecule has 0 radical (unpaired) electrons. The Morgan fingerprint density at radius 2 is 1.73 bits per heavy atom. The van der Waals surface area contributed by atoms with Crippen LogP contribution in [0.15, 0.2) is 42.7 Å². The highest BCUT2D eigenvalue weighted by Gasteiger charge is 2.21. The number of aromatic nitrogens is 2. The van der Waals surface area contributed by atoms with Crippen LogP contribution >= 0.6 is 0 Å². The van der Waals surface area contributed by atoms with E-state index in [1.807, 2.05) is 12.1 Å². The Bertz CT molecular complexity index is 782. The maximum absolute atomic E-state index is 12.3. The molecule has 1 amide bonds. The third-order valence-electron chi connectivity index (χ3n) is 4.31. The van der Waals surface area contributed by atoms with Crippen LogP contribution in [-0.2, 0) is 11.2 Å². The summed E-state index contributed by atoms with van der Waals surface area (Å²) in [6, 6.07) is 9.96. The van der Waals surface area contributed by atoms with E-state index in [1.54, 1.807) is 23.4 Å². The second-order valence-corrected chi connectivity index (χ2v) is 6.87. The van der Waals surface area contributed by atoms with Gasteiger partial charge >= 0.3 is 0 Å². The fourth-order valence-corrected chi connectivity index (χ4v) is 2.96. The second-order valence-electron chi connectivity index (χ2n) is 6.87. The lowest BCUT2D eigenvalue weighted by atomic mass is 10.0. The molecule has 0 unspecified atom stereocenters. The molecule has 0 spiro atoms. The molecule has 1 saturated heterocycles. The summed E-state index contributed by atoms with van der Waals surface area (Å²) in [6.07, 6.45) is 4.53. The van der Waals surface area contributed by atoms with Gasteiger partial charge in [-0.05, 0) is 36.1 Å². The van der Waals surface area contributed by atoms with Crippen molar-refractivity contribution < 1.29 is 4.79 Å². The largest absolute Gasteiger partial charge is 0.337 e. The summed E-state index contributed by atoms with van der Waals surface area (Å²) in [5, 5.41) is 0. The van der Waals surface area contributed by atoms with Crippen molar-refractivity contribution in [2.24, 2.45) is 5.92 Å². The van der Waals surface area contributed by atoms with Crippen molar-refractivity contribution >= 4 is 11.9 Å². The van der Waals surface area contributed by atoms with Gasteiger partial charge in [-0.1, -0.05) is 31.9 Å². The van der Waals surface area contributed by atoms with Crippen LogP contribution in [0.2, 0.25) is 0 Å². The quantitative estimate of drug-likeness (QED) is 0.799. The van der Waals surface area contributed by atoms with Gasteiger partial charge in [0.05, 0.1) is 0 Å². The number of amides is 1. The average Bonchev–Trinajstić information content (AvgIpc) is 2.67. The number of carbonyl (C=O) groups excluding carboxylic acids is 1. The van der Waals surface area contributed by atoms with Crippen LogP contribution in [-0.4, -0.2) is 47.0 Å². The molecule has 1 aliphatic rings. The summed E-state index contributed by atoms with van der Waals surface area (Å²) in [5.74, 6) is 6.98. The summed E-state index contributed by atoms with van der Waals surface area (Å²) in [6.45, 7) is 7.13. The van der Waals surface area contributed by atoms with Crippen LogP contribution in [0.1, 0.15) is 25.0 Å². The molecule has 0 aliphatic carbocycles. The predicted molar refractivity (Wildman–Crippen MR) is 103 cm³/mol. The molecule has 134 valence electrons. The molecule has 3 rings (SSSR count). The van der Waals surface area contributed by atoms with Crippen molar-refractivity contribution in [3.63, 3.8) is 0 Å². The van der Waals surface area contributed by atoms with Crippen LogP contribution in [0.3, 0.4) is 0 Å². The highest BCUT2D eigenvalue weighted by atomic mass is 16.2. The lowest BCUT2D eigenvalue weighted by Crippen LogP contribution is -2.49. The minimum atomic E-state index is -0.120. The first-order chi connectivity index (χ1) is 12.6. The second kappa shape index (κ2) is 8.48. The summed E-state index contributed by atoms with van der Waals surface area (Å²) >= 11 is 0. The molecular formula is C21H24N4O. The Hall–Kier alpha value is -2.87. The van der Waals surface area contributed by atoms with Crippen LogP contribution in [0.5, 0.6) is 0 Å². The molecule has 0 atom stereocenters. The Morgan fingerprint density at radius 3 is 2.35 bits per heavy atom. The van der Waals surface area contributed by atoms with Gasteiger partial charge in [-0.2, -0.15) is 0 Å². The van der Waals surface area contributed by atoms with E-state index in [9.17, 15) is 4.79 Å². The molecule has 1 fully saturated rings. The van der Waals surface area contributed by atoms with Gasteiger partial charge in [0, 0.05) is 50.1 Å². The topological polar surface area (TPSA) is 49.3 Å². The number of benzene rings is 1. The summed E-state index contributed by atoms with van der Waals surface area (Å²) in [5.41, 5.74) is 2.18. The number of hydrogen-bond acceptors (Lipinski definition) is 4. The van der Waals surface area contributed by atoms with Crippen LogP contribution in [0.25, 0.3) is 0 Å². The molecule has 0 saturated carbocycles. The van der Waals surface area contributed by atoms with E-state index in [1.165, 1.54) is 5.56 Å². The number of nitrogens with zero attached hydrogens (tertiary/aromatic N) is 4. The van der Waals surface area contributed by atoms with Crippen molar-refractivity contribution in [1.29, 1.82) is 0 Å². The van der Waals surface area contributed by atoms with Crippen LogP contribution < -0.4 is 4.90 Å². The Labute approximate surface area is 155 Å². The maximum atomic E-state index is 12.3. The molecule has 2 aromatic rings. The number of piperazine rings is 1. The zero-order valence-corrected chi connectivity index (χ0v) is 15.4. The van der Waals surface area contributed by atoms with Crippen molar-refractivity contribution in [3.8, 4) is 11.8 Å². The van der Waals surface area contributed by atoms with Gasteiger partial charge in [-0.3, -0.25) is 4.79 Å². The summed E-state index contributed by atoms with van der Waals surface area (Å²) < 4.78 is 0. The SMILES string of the molecule is CC(C)Cc1ccc(C#CC(=O)N2CCN(c3ncccn3)CC2)cc1. The first-order valence-corrected chi connectivity index (χ1v) is 9.03. The maximum Gasteiger partial charge on any atom is 0.298 e. The molecular weight excluding hydrogens is 324 g/mol. The first kappa shape index (κ1) is 17.9. The molecule has 0 N–H and O–H groups in total. The predicted octanol–water partition coefficient (Wildman–Crippen LogP) is 2.38. The third-order valence-corrected chi connectivity index (χ3v) is 4.31. The average molecular weight is 348 g/mol. The Morgan fingerprint density at radius 1 is 1.08 bits per heavy atom. The molecule has 1 aromatic carbocycles. The van der Waals surface area contributed by atoms with Gasteiger partial charge in [0.15, 0.2) is 0 Å². The third kappa shape index (κ3) is 4.82. The van der Waals surface area contributed by atoms with Crippen molar-refractivity contribution in [2.75, 3.05) is 31.1 Å². The normalized spacial score (nSPS) is 14.1. The molecule has 26 heavy (non-hydrogen) atoms. The highest BCUT2D eigenvalue weighted by Crippen LogP contribution is 2.11. The molecule has 5 nitrogen and oxygen atoms in total. The summed E-state index contributed by atoms with van der Waals surface area (Å²) in [7, 11) is 0. The van der Waals surface area contributed by atoms with E-state index >= 15 is 0 Å². The summed E-state index contributed by atoms with van der Waals surface area (Å²) in [4.78, 5) is 24.7. The zero-order chi connectivity index (χ0) is 18.4. The van der Waals surface area contributed by atoms with Crippen molar-refractivity contribution in [1.82, 2.24) is 14.9 Å². The standard InChI is InChI=1S/C21H24N4O/c1-17(2)16-19-6-4-18(5-7-19)8-9-20(26)24-12-14-25(15-13-24)21-22-10-3-11-23-21/h3-7,10-11,17H,12-16H2,1-2H3. The van der Waals surface area contributed by atoms with E-state index in [-0.39, 0.29) is 5.91 Å². The smallest absolute Gasteiger partial charge is 0.298 e. The number of hydrogen-bond donors (Lipinski definition) is 0. The minimum absolute atomic E-state index is 0.120. The molecule has 5 heteroatoms. The fraction of sp³-hybridized carbons (Fsp3) is 0.381. The van der Waals surface area contributed by atoms with E-state index in [2.05, 4.69) is 52.7 Å². The molecule has 1 aromatic heterocycles. The monoisotopic (exact) mass is 348 g/mol. The molecule has 1 aliphatic heterocycles. The van der Waals surface area contributed by atoms with E-state index < -0.39 is 0 Å². The van der Waals surface area contributed by atoms with Gasteiger partial charge in [-0.25, -0.2) is 9.97 Å². The number of rotatable bonds is 3. The highest BCUT2D eigenvalue weighted by molar-refractivity contribution is 5.94. The van der Waals surface area contributed by atoms with Crippen molar-refractivity contribution in [2.45, 2.75) is 20.3 Å².